The number of nitrogens with two attached hydrogens (primary N) is 1. The summed E-state index contributed by atoms with van der Waals surface area (Å²) in [7, 11) is 0. The molecule has 0 bridgehead atoms. The maximum atomic E-state index is 6.07. The molecule has 0 fully saturated rings. The van der Waals surface area contributed by atoms with Crippen molar-refractivity contribution in [1.82, 2.24) is 0 Å². The molecule has 0 saturated heterocycles. The summed E-state index contributed by atoms with van der Waals surface area (Å²) in [5, 5.41) is 3.39. The summed E-state index contributed by atoms with van der Waals surface area (Å²) in [6.45, 7) is 0. The van der Waals surface area contributed by atoms with Crippen LogP contribution in [0.3, 0.4) is 0 Å². The van der Waals surface area contributed by atoms with Gasteiger partial charge in [-0.3, -0.25) is 0 Å². The zero-order chi connectivity index (χ0) is 13.4. The van der Waals surface area contributed by atoms with Crippen molar-refractivity contribution in [3.8, 4) is 11.1 Å². The molecule has 3 aromatic carbocycles. The van der Waals surface area contributed by atoms with E-state index in [1.54, 1.807) is 6.07 Å². The Hall–Kier alpha value is -1.70. The van der Waals surface area contributed by atoms with Crippen molar-refractivity contribution in [2.75, 3.05) is 5.73 Å². The lowest BCUT2D eigenvalue weighted by Crippen LogP contribution is -1.88. The van der Waals surface area contributed by atoms with Crippen molar-refractivity contribution in [1.29, 1.82) is 0 Å². The second-order valence-electron chi connectivity index (χ2n) is 4.41. The zero-order valence-electron chi connectivity index (χ0n) is 10.0. The first-order chi connectivity index (χ1) is 9.15. The van der Waals surface area contributed by atoms with Gasteiger partial charge in [0, 0.05) is 21.1 Å². The summed E-state index contributed by atoms with van der Waals surface area (Å²) in [5.74, 6) is 0. The Morgan fingerprint density at radius 1 is 0.737 bits per heavy atom. The number of hydrogen-bond donors (Lipinski definition) is 1. The first-order valence-corrected chi connectivity index (χ1v) is 6.64. The normalized spacial score (nSPS) is 10.8. The summed E-state index contributed by atoms with van der Waals surface area (Å²) in [6, 6.07) is 17.5. The van der Waals surface area contributed by atoms with Crippen LogP contribution >= 0.6 is 23.2 Å². The van der Waals surface area contributed by atoms with Crippen molar-refractivity contribution >= 4 is 39.7 Å². The highest BCUT2D eigenvalue weighted by Crippen LogP contribution is 2.34. The predicted molar refractivity (Wildman–Crippen MR) is 83.8 cm³/mol. The monoisotopic (exact) mass is 287 g/mol. The number of hydrogen-bond acceptors (Lipinski definition) is 1. The highest BCUT2D eigenvalue weighted by atomic mass is 35.5. The molecule has 0 aliphatic heterocycles. The lowest BCUT2D eigenvalue weighted by molar-refractivity contribution is 1.64. The molecular formula is C16H11Cl2N. The SMILES string of the molecule is Nc1cccc2c(-c3cc(Cl)cc(Cl)c3)cccc12. The molecule has 3 rings (SSSR count). The maximum absolute atomic E-state index is 6.07. The van der Waals surface area contributed by atoms with Crippen LogP contribution in [0.15, 0.2) is 54.6 Å². The summed E-state index contributed by atoms with van der Waals surface area (Å²) < 4.78 is 0. The van der Waals surface area contributed by atoms with Gasteiger partial charge < -0.3 is 5.73 Å². The fourth-order valence-electron chi connectivity index (χ4n) is 2.30. The molecule has 2 N–H and O–H groups in total. The van der Waals surface area contributed by atoms with Gasteiger partial charge in [0.25, 0.3) is 0 Å². The van der Waals surface area contributed by atoms with Gasteiger partial charge >= 0.3 is 0 Å². The Bertz CT molecular complexity index is 746. The van der Waals surface area contributed by atoms with E-state index in [4.69, 9.17) is 28.9 Å². The van der Waals surface area contributed by atoms with Gasteiger partial charge in [-0.05, 0) is 40.8 Å². The highest BCUT2D eigenvalue weighted by molar-refractivity contribution is 6.35. The maximum Gasteiger partial charge on any atom is 0.0426 e. The Morgan fingerprint density at radius 2 is 1.37 bits per heavy atom. The molecular weight excluding hydrogens is 277 g/mol. The fourth-order valence-corrected chi connectivity index (χ4v) is 2.82. The topological polar surface area (TPSA) is 26.0 Å². The molecule has 0 amide bonds. The van der Waals surface area contributed by atoms with E-state index < -0.39 is 0 Å². The summed E-state index contributed by atoms with van der Waals surface area (Å²) in [6.07, 6.45) is 0. The second-order valence-corrected chi connectivity index (χ2v) is 5.28. The quantitative estimate of drug-likeness (QED) is 0.596. The van der Waals surface area contributed by atoms with Crippen LogP contribution in [0.5, 0.6) is 0 Å². The fraction of sp³-hybridized carbons (Fsp3) is 0. The number of benzene rings is 3. The van der Waals surface area contributed by atoms with Crippen molar-refractivity contribution in [2.45, 2.75) is 0 Å². The lowest BCUT2D eigenvalue weighted by Gasteiger charge is -2.09. The number of rotatable bonds is 1. The zero-order valence-corrected chi connectivity index (χ0v) is 11.5. The van der Waals surface area contributed by atoms with Crippen LogP contribution in [-0.4, -0.2) is 0 Å². The van der Waals surface area contributed by atoms with Gasteiger partial charge in [-0.15, -0.1) is 0 Å². The average Bonchev–Trinajstić information content (AvgIpc) is 2.37. The number of nitrogen functional groups attached to an aromatic ring is 1. The minimum atomic E-state index is 0.628. The molecule has 94 valence electrons. The predicted octanol–water partition coefficient (Wildman–Crippen LogP) is 5.40. The van der Waals surface area contributed by atoms with E-state index in [1.165, 1.54) is 0 Å². The summed E-state index contributed by atoms with van der Waals surface area (Å²) in [4.78, 5) is 0. The summed E-state index contributed by atoms with van der Waals surface area (Å²) in [5.41, 5.74) is 8.85. The molecule has 0 aromatic heterocycles. The number of anilines is 1. The molecule has 0 aliphatic carbocycles. The largest absolute Gasteiger partial charge is 0.398 e. The number of halogens is 2. The molecule has 0 heterocycles. The Morgan fingerprint density at radius 3 is 2.11 bits per heavy atom. The highest BCUT2D eigenvalue weighted by Gasteiger charge is 2.07. The van der Waals surface area contributed by atoms with Gasteiger partial charge in [-0.25, -0.2) is 0 Å². The summed E-state index contributed by atoms with van der Waals surface area (Å²) >= 11 is 12.1. The van der Waals surface area contributed by atoms with E-state index >= 15 is 0 Å². The van der Waals surface area contributed by atoms with E-state index in [2.05, 4.69) is 6.07 Å². The minimum absolute atomic E-state index is 0.628. The van der Waals surface area contributed by atoms with E-state index in [0.29, 0.717) is 10.0 Å². The van der Waals surface area contributed by atoms with Crippen molar-refractivity contribution in [3.05, 3.63) is 64.6 Å². The third-order valence-corrected chi connectivity index (χ3v) is 3.57. The molecule has 19 heavy (non-hydrogen) atoms. The van der Waals surface area contributed by atoms with Crippen LogP contribution in [0, 0.1) is 0 Å². The molecule has 0 unspecified atom stereocenters. The third-order valence-electron chi connectivity index (χ3n) is 3.13. The van der Waals surface area contributed by atoms with Gasteiger partial charge in [-0.1, -0.05) is 53.5 Å². The van der Waals surface area contributed by atoms with E-state index in [-0.39, 0.29) is 0 Å². The molecule has 0 aliphatic rings. The molecule has 0 spiro atoms. The van der Waals surface area contributed by atoms with E-state index in [9.17, 15) is 0 Å². The molecule has 1 nitrogen and oxygen atoms in total. The van der Waals surface area contributed by atoms with Gasteiger partial charge in [0.1, 0.15) is 0 Å². The number of fused-ring (bicyclic) bond motifs is 1. The van der Waals surface area contributed by atoms with Crippen LogP contribution in [0.1, 0.15) is 0 Å². The smallest absolute Gasteiger partial charge is 0.0426 e. The second kappa shape index (κ2) is 4.76. The van der Waals surface area contributed by atoms with Gasteiger partial charge in [0.2, 0.25) is 0 Å². The molecule has 0 saturated carbocycles. The first kappa shape index (κ1) is 12.3. The first-order valence-electron chi connectivity index (χ1n) is 5.89. The van der Waals surface area contributed by atoms with Crippen molar-refractivity contribution in [3.63, 3.8) is 0 Å². The molecule has 0 atom stereocenters. The Kier molecular flexibility index (Phi) is 3.09. The average molecular weight is 288 g/mol. The Balaban J connectivity index is 2.33. The van der Waals surface area contributed by atoms with Crippen LogP contribution in [0.2, 0.25) is 10.0 Å². The van der Waals surface area contributed by atoms with Gasteiger partial charge in [-0.2, -0.15) is 0 Å². The van der Waals surface area contributed by atoms with E-state index in [1.807, 2.05) is 42.5 Å². The van der Waals surface area contributed by atoms with Gasteiger partial charge in [0.05, 0.1) is 0 Å². The molecule has 0 radical (unpaired) electrons. The standard InChI is InChI=1S/C16H11Cl2N/c17-11-7-10(8-12(18)9-11)13-3-1-5-15-14(13)4-2-6-16(15)19/h1-9H,19H2. The molecule has 3 aromatic rings. The van der Waals surface area contributed by atoms with Crippen LogP contribution in [0.4, 0.5) is 5.69 Å². The van der Waals surface area contributed by atoms with Crippen molar-refractivity contribution in [2.24, 2.45) is 0 Å². The lowest BCUT2D eigenvalue weighted by atomic mass is 9.97. The van der Waals surface area contributed by atoms with Crippen LogP contribution in [-0.2, 0) is 0 Å². The van der Waals surface area contributed by atoms with E-state index in [0.717, 1.165) is 27.6 Å². The van der Waals surface area contributed by atoms with Crippen LogP contribution in [0.25, 0.3) is 21.9 Å². The Labute approximate surface area is 121 Å². The molecule has 3 heteroatoms. The third kappa shape index (κ3) is 2.27. The van der Waals surface area contributed by atoms with Crippen LogP contribution < -0.4 is 5.73 Å². The van der Waals surface area contributed by atoms with Crippen molar-refractivity contribution < 1.29 is 0 Å². The van der Waals surface area contributed by atoms with Gasteiger partial charge in [0.15, 0.2) is 0 Å². The minimum Gasteiger partial charge on any atom is -0.398 e.